The quantitative estimate of drug-likeness (QED) is 0.633. The van der Waals surface area contributed by atoms with Crippen LogP contribution in [0.5, 0.6) is 0 Å². The molecule has 0 radical (unpaired) electrons. The van der Waals surface area contributed by atoms with Crippen molar-refractivity contribution >= 4 is 22.5 Å². The van der Waals surface area contributed by atoms with E-state index in [-0.39, 0.29) is 5.91 Å². The minimum Gasteiger partial charge on any atom is -0.399 e. The van der Waals surface area contributed by atoms with Gasteiger partial charge in [-0.2, -0.15) is 5.10 Å². The van der Waals surface area contributed by atoms with Gasteiger partial charge in [0.25, 0.3) is 5.91 Å². The third-order valence-corrected chi connectivity index (χ3v) is 3.14. The highest BCUT2D eigenvalue weighted by atomic mass is 16.3. The van der Waals surface area contributed by atoms with Crippen LogP contribution in [0, 0.1) is 0 Å². The maximum absolute atomic E-state index is 12.2. The predicted molar refractivity (Wildman–Crippen MR) is 67.0 cm³/mol. The number of anilines is 1. The lowest BCUT2D eigenvalue weighted by Crippen LogP contribution is -2.61. The number of hydrogen-bond donors (Lipinski definition) is 3. The number of aromatic nitrogens is 2. The third-order valence-electron chi connectivity index (χ3n) is 3.14. The molecule has 1 aliphatic rings. The Bertz CT molecular complexity index is 624. The van der Waals surface area contributed by atoms with Gasteiger partial charge in [0.2, 0.25) is 0 Å². The molecule has 2 aromatic rings. The van der Waals surface area contributed by atoms with E-state index in [1.54, 1.807) is 30.0 Å². The van der Waals surface area contributed by atoms with Crippen molar-refractivity contribution in [3.8, 4) is 0 Å². The summed E-state index contributed by atoms with van der Waals surface area (Å²) >= 11 is 0. The SMILES string of the molecule is CC1(O)CN(C(=O)c2n[nH]c3ccc(N)cc23)C1. The topological polar surface area (TPSA) is 95.2 Å². The largest absolute Gasteiger partial charge is 0.399 e. The van der Waals surface area contributed by atoms with Crippen LogP contribution in [0.2, 0.25) is 0 Å². The number of aromatic amines is 1. The van der Waals surface area contributed by atoms with E-state index < -0.39 is 5.60 Å². The highest BCUT2D eigenvalue weighted by Gasteiger charge is 2.40. The van der Waals surface area contributed by atoms with E-state index in [9.17, 15) is 9.90 Å². The van der Waals surface area contributed by atoms with E-state index in [4.69, 9.17) is 5.73 Å². The van der Waals surface area contributed by atoms with Crippen LogP contribution in [0.25, 0.3) is 10.9 Å². The van der Waals surface area contributed by atoms with Crippen LogP contribution in [-0.4, -0.2) is 44.8 Å². The molecule has 2 heterocycles. The predicted octanol–water partition coefficient (Wildman–Crippen LogP) is 0.352. The molecule has 1 aliphatic heterocycles. The first-order valence-electron chi connectivity index (χ1n) is 5.71. The van der Waals surface area contributed by atoms with Crippen molar-refractivity contribution in [2.45, 2.75) is 12.5 Å². The van der Waals surface area contributed by atoms with Crippen LogP contribution in [0.3, 0.4) is 0 Å². The van der Waals surface area contributed by atoms with Crippen molar-refractivity contribution < 1.29 is 9.90 Å². The number of benzene rings is 1. The van der Waals surface area contributed by atoms with Crippen LogP contribution < -0.4 is 5.73 Å². The maximum Gasteiger partial charge on any atom is 0.275 e. The van der Waals surface area contributed by atoms with Gasteiger partial charge in [-0.05, 0) is 25.1 Å². The molecule has 0 bridgehead atoms. The molecule has 3 rings (SSSR count). The summed E-state index contributed by atoms with van der Waals surface area (Å²) in [5, 5.41) is 17.2. The van der Waals surface area contributed by atoms with Crippen LogP contribution >= 0.6 is 0 Å². The minimum atomic E-state index is -0.777. The number of rotatable bonds is 1. The van der Waals surface area contributed by atoms with E-state index in [2.05, 4.69) is 10.2 Å². The monoisotopic (exact) mass is 246 g/mol. The number of nitrogens with zero attached hydrogens (tertiary/aromatic N) is 2. The van der Waals surface area contributed by atoms with Crippen LogP contribution in [0.1, 0.15) is 17.4 Å². The van der Waals surface area contributed by atoms with Gasteiger partial charge in [-0.3, -0.25) is 9.89 Å². The summed E-state index contributed by atoms with van der Waals surface area (Å²) < 4.78 is 0. The first-order chi connectivity index (χ1) is 8.46. The molecular formula is C12H14N4O2. The van der Waals surface area contributed by atoms with Crippen LogP contribution in [0.4, 0.5) is 5.69 Å². The van der Waals surface area contributed by atoms with Gasteiger partial charge in [0.15, 0.2) is 5.69 Å². The third kappa shape index (κ3) is 1.62. The van der Waals surface area contributed by atoms with Gasteiger partial charge in [-0.25, -0.2) is 0 Å². The molecule has 6 heteroatoms. The molecule has 94 valence electrons. The molecule has 1 fully saturated rings. The Morgan fingerprint density at radius 2 is 2.28 bits per heavy atom. The van der Waals surface area contributed by atoms with Crippen LogP contribution in [-0.2, 0) is 0 Å². The van der Waals surface area contributed by atoms with Crippen molar-refractivity contribution in [1.29, 1.82) is 0 Å². The summed E-state index contributed by atoms with van der Waals surface area (Å²) in [7, 11) is 0. The zero-order valence-corrected chi connectivity index (χ0v) is 9.97. The van der Waals surface area contributed by atoms with Gasteiger partial charge in [0, 0.05) is 11.1 Å². The van der Waals surface area contributed by atoms with E-state index in [0.29, 0.717) is 29.9 Å². The average molecular weight is 246 g/mol. The van der Waals surface area contributed by atoms with Gasteiger partial charge in [0.05, 0.1) is 24.2 Å². The Balaban J connectivity index is 1.95. The second kappa shape index (κ2) is 3.46. The van der Waals surface area contributed by atoms with Crippen molar-refractivity contribution in [3.05, 3.63) is 23.9 Å². The van der Waals surface area contributed by atoms with Gasteiger partial charge < -0.3 is 15.7 Å². The zero-order valence-electron chi connectivity index (χ0n) is 9.97. The summed E-state index contributed by atoms with van der Waals surface area (Å²) in [5.41, 5.74) is 6.66. The number of amides is 1. The fourth-order valence-electron chi connectivity index (χ4n) is 2.26. The van der Waals surface area contributed by atoms with Crippen molar-refractivity contribution in [3.63, 3.8) is 0 Å². The van der Waals surface area contributed by atoms with E-state index >= 15 is 0 Å². The smallest absolute Gasteiger partial charge is 0.275 e. The number of carbonyl (C=O) groups excluding carboxylic acids is 1. The number of H-pyrrole nitrogens is 1. The van der Waals surface area contributed by atoms with Crippen molar-refractivity contribution in [2.75, 3.05) is 18.8 Å². The molecule has 6 nitrogen and oxygen atoms in total. The average Bonchev–Trinajstić information content (AvgIpc) is 2.67. The van der Waals surface area contributed by atoms with Crippen molar-refractivity contribution in [1.82, 2.24) is 15.1 Å². The fraction of sp³-hybridized carbons (Fsp3) is 0.333. The molecule has 4 N–H and O–H groups in total. The lowest BCUT2D eigenvalue weighted by atomic mass is 9.96. The molecule has 0 unspecified atom stereocenters. The summed E-state index contributed by atoms with van der Waals surface area (Å²) in [6, 6.07) is 5.27. The second-order valence-corrected chi connectivity index (χ2v) is 5.04. The lowest BCUT2D eigenvalue weighted by molar-refractivity contribution is -0.0670. The van der Waals surface area contributed by atoms with E-state index in [1.807, 2.05) is 0 Å². The van der Waals surface area contributed by atoms with Gasteiger partial charge in [-0.1, -0.05) is 0 Å². The first kappa shape index (κ1) is 11.0. The number of hydrogen-bond acceptors (Lipinski definition) is 4. The molecule has 0 spiro atoms. The zero-order chi connectivity index (χ0) is 12.9. The number of nitrogen functional groups attached to an aromatic ring is 1. The molecule has 1 aromatic carbocycles. The second-order valence-electron chi connectivity index (χ2n) is 5.04. The minimum absolute atomic E-state index is 0.182. The Morgan fingerprint density at radius 1 is 1.56 bits per heavy atom. The summed E-state index contributed by atoms with van der Waals surface area (Å²) in [6.07, 6.45) is 0. The number of likely N-dealkylation sites (tertiary alicyclic amines) is 1. The van der Waals surface area contributed by atoms with Gasteiger partial charge >= 0.3 is 0 Å². The Hall–Kier alpha value is -2.08. The van der Waals surface area contributed by atoms with Gasteiger partial charge in [-0.15, -0.1) is 0 Å². The number of aliphatic hydroxyl groups is 1. The molecular weight excluding hydrogens is 232 g/mol. The fourth-order valence-corrected chi connectivity index (χ4v) is 2.26. The molecule has 0 atom stereocenters. The Kier molecular flexibility index (Phi) is 2.12. The van der Waals surface area contributed by atoms with E-state index in [0.717, 1.165) is 5.52 Å². The summed E-state index contributed by atoms with van der Waals surface area (Å²) in [4.78, 5) is 13.8. The van der Waals surface area contributed by atoms with Crippen molar-refractivity contribution in [2.24, 2.45) is 0 Å². The van der Waals surface area contributed by atoms with Crippen LogP contribution in [0.15, 0.2) is 18.2 Å². The van der Waals surface area contributed by atoms with Gasteiger partial charge in [0.1, 0.15) is 0 Å². The lowest BCUT2D eigenvalue weighted by Gasteiger charge is -2.43. The number of fused-ring (bicyclic) bond motifs is 1. The Morgan fingerprint density at radius 3 is 2.94 bits per heavy atom. The standard InChI is InChI=1S/C12H14N4O2/c1-12(18)5-16(6-12)11(17)10-8-4-7(13)2-3-9(8)14-15-10/h2-4,18H,5-6,13H2,1H3,(H,14,15). The summed E-state index contributed by atoms with van der Waals surface area (Å²) in [5.74, 6) is -0.182. The highest BCUT2D eigenvalue weighted by Crippen LogP contribution is 2.25. The highest BCUT2D eigenvalue weighted by molar-refractivity contribution is 6.05. The number of β-amino-alcohol motifs (C(OH)–C–C–N with tert-alkyl or cyclic N) is 1. The number of nitrogens with two attached hydrogens (primary N) is 1. The Labute approximate surface area is 103 Å². The molecule has 1 saturated heterocycles. The molecule has 18 heavy (non-hydrogen) atoms. The normalized spacial score (nSPS) is 17.8. The summed E-state index contributed by atoms with van der Waals surface area (Å²) in [6.45, 7) is 2.38. The first-order valence-corrected chi connectivity index (χ1v) is 5.71. The maximum atomic E-state index is 12.2. The molecule has 0 saturated carbocycles. The number of nitrogens with one attached hydrogen (secondary N) is 1. The molecule has 1 amide bonds. The number of carbonyl (C=O) groups is 1. The van der Waals surface area contributed by atoms with E-state index in [1.165, 1.54) is 0 Å². The molecule has 0 aliphatic carbocycles. The molecule has 1 aromatic heterocycles.